The van der Waals surface area contributed by atoms with Crippen molar-refractivity contribution in [1.29, 1.82) is 0 Å². The third kappa shape index (κ3) is 2.37. The van der Waals surface area contributed by atoms with Crippen LogP contribution in [-0.2, 0) is 19.1 Å². The van der Waals surface area contributed by atoms with E-state index >= 15 is 0 Å². The van der Waals surface area contributed by atoms with Gasteiger partial charge in [0, 0.05) is 0 Å². The lowest BCUT2D eigenvalue weighted by molar-refractivity contribution is -0.156. The third-order valence-corrected chi connectivity index (χ3v) is 2.87. The Labute approximate surface area is 89.2 Å². The largest absolute Gasteiger partial charge is 0.469 e. The lowest BCUT2D eigenvalue weighted by Gasteiger charge is -2.13. The Bertz CT molecular complexity index is 267. The molecule has 0 saturated heterocycles. The van der Waals surface area contributed by atoms with Gasteiger partial charge in [-0.2, -0.15) is 0 Å². The van der Waals surface area contributed by atoms with Gasteiger partial charge in [0.15, 0.2) is 0 Å². The van der Waals surface area contributed by atoms with Crippen molar-refractivity contribution in [3.8, 4) is 0 Å². The maximum atomic E-state index is 11.4. The van der Waals surface area contributed by atoms with Crippen LogP contribution < -0.4 is 0 Å². The summed E-state index contributed by atoms with van der Waals surface area (Å²) in [5, 5.41) is 0. The summed E-state index contributed by atoms with van der Waals surface area (Å²) in [6, 6.07) is 0. The molecule has 1 aliphatic carbocycles. The summed E-state index contributed by atoms with van der Waals surface area (Å²) in [4.78, 5) is 22.9. The quantitative estimate of drug-likeness (QED) is 0.511. The van der Waals surface area contributed by atoms with Crippen molar-refractivity contribution >= 4 is 11.9 Å². The maximum absolute atomic E-state index is 11.4. The molecule has 0 N–H and O–H groups in total. The second-order valence-electron chi connectivity index (χ2n) is 3.61. The Morgan fingerprint density at radius 2 is 1.53 bits per heavy atom. The van der Waals surface area contributed by atoms with E-state index in [1.165, 1.54) is 14.2 Å². The van der Waals surface area contributed by atoms with E-state index < -0.39 is 0 Å². The highest BCUT2D eigenvalue weighted by Crippen LogP contribution is 2.37. The first kappa shape index (κ1) is 11.8. The first-order chi connectivity index (χ1) is 7.13. The molecule has 0 heterocycles. The number of ether oxygens (including phenoxy) is 2. The van der Waals surface area contributed by atoms with E-state index in [2.05, 4.69) is 9.47 Å². The number of methoxy groups -OCH3 is 2. The Kier molecular flexibility index (Phi) is 3.88. The van der Waals surface area contributed by atoms with Crippen molar-refractivity contribution in [3.05, 3.63) is 11.6 Å². The summed E-state index contributed by atoms with van der Waals surface area (Å²) in [6.07, 6.45) is 3.14. The lowest BCUT2D eigenvalue weighted by Crippen LogP contribution is -2.27. The summed E-state index contributed by atoms with van der Waals surface area (Å²) >= 11 is 0. The Morgan fingerprint density at radius 1 is 1.13 bits per heavy atom. The molecule has 0 amide bonds. The zero-order valence-corrected chi connectivity index (χ0v) is 9.28. The van der Waals surface area contributed by atoms with E-state index in [1.54, 1.807) is 0 Å². The van der Waals surface area contributed by atoms with E-state index in [0.717, 1.165) is 5.57 Å². The second-order valence-corrected chi connectivity index (χ2v) is 3.61. The molecule has 2 unspecified atom stereocenters. The minimum atomic E-state index is -0.381. The third-order valence-electron chi connectivity index (χ3n) is 2.87. The summed E-state index contributed by atoms with van der Waals surface area (Å²) in [7, 11) is 2.68. The van der Waals surface area contributed by atoms with Gasteiger partial charge in [-0.05, 0) is 19.8 Å². The van der Waals surface area contributed by atoms with Gasteiger partial charge in [-0.1, -0.05) is 11.6 Å². The molecule has 1 aliphatic rings. The summed E-state index contributed by atoms with van der Waals surface area (Å²) in [5.41, 5.74) is 1.11. The Balaban J connectivity index is 2.83. The number of esters is 2. The molecule has 0 aromatic rings. The molecule has 2 atom stereocenters. The molecule has 0 aromatic carbocycles. The fourth-order valence-electron chi connectivity index (χ4n) is 1.97. The van der Waals surface area contributed by atoms with Crippen LogP contribution in [0.25, 0.3) is 0 Å². The molecule has 15 heavy (non-hydrogen) atoms. The highest BCUT2D eigenvalue weighted by atomic mass is 16.5. The highest BCUT2D eigenvalue weighted by molar-refractivity contribution is 5.83. The van der Waals surface area contributed by atoms with Gasteiger partial charge in [0.25, 0.3) is 0 Å². The fraction of sp³-hybridized carbons (Fsp3) is 0.636. The molecule has 0 aliphatic heterocycles. The molecular weight excluding hydrogens is 196 g/mol. The number of hydrogen-bond donors (Lipinski definition) is 0. The van der Waals surface area contributed by atoms with E-state index in [1.807, 2.05) is 13.0 Å². The van der Waals surface area contributed by atoms with Crippen molar-refractivity contribution in [1.82, 2.24) is 0 Å². The van der Waals surface area contributed by atoms with Crippen molar-refractivity contribution in [2.75, 3.05) is 14.2 Å². The maximum Gasteiger partial charge on any atom is 0.309 e. The second kappa shape index (κ2) is 4.96. The molecule has 0 radical (unpaired) electrons. The van der Waals surface area contributed by atoms with Gasteiger partial charge in [-0.3, -0.25) is 9.59 Å². The SMILES string of the molecule is CC=C1CC(C(=O)OC)C(C(=O)OC)C1. The van der Waals surface area contributed by atoms with Crippen molar-refractivity contribution in [2.24, 2.45) is 11.8 Å². The standard InChI is InChI=1S/C11H16O4/c1-4-7-5-8(10(12)14-2)9(6-7)11(13)15-3/h4,8-9H,5-6H2,1-3H3. The van der Waals surface area contributed by atoms with E-state index in [0.29, 0.717) is 12.8 Å². The Morgan fingerprint density at radius 3 is 1.80 bits per heavy atom. The molecule has 0 aromatic heterocycles. The van der Waals surface area contributed by atoms with Gasteiger partial charge in [0.05, 0.1) is 26.1 Å². The lowest BCUT2D eigenvalue weighted by atomic mass is 9.96. The molecule has 84 valence electrons. The highest BCUT2D eigenvalue weighted by Gasteiger charge is 2.41. The smallest absolute Gasteiger partial charge is 0.309 e. The van der Waals surface area contributed by atoms with Crippen LogP contribution >= 0.6 is 0 Å². The van der Waals surface area contributed by atoms with Crippen LogP contribution in [-0.4, -0.2) is 26.2 Å². The first-order valence-corrected chi connectivity index (χ1v) is 4.93. The average Bonchev–Trinajstić information content (AvgIpc) is 2.70. The average molecular weight is 212 g/mol. The zero-order valence-electron chi connectivity index (χ0n) is 9.28. The van der Waals surface area contributed by atoms with Gasteiger partial charge >= 0.3 is 11.9 Å². The number of hydrogen-bond acceptors (Lipinski definition) is 4. The molecule has 1 fully saturated rings. The minimum Gasteiger partial charge on any atom is -0.469 e. The van der Waals surface area contributed by atoms with Gasteiger partial charge in [0.2, 0.25) is 0 Å². The van der Waals surface area contributed by atoms with E-state index in [4.69, 9.17) is 0 Å². The minimum absolute atomic E-state index is 0.331. The normalized spacial score (nSPS) is 24.9. The summed E-state index contributed by atoms with van der Waals surface area (Å²) in [5.74, 6) is -1.42. The van der Waals surface area contributed by atoms with Gasteiger partial charge in [-0.15, -0.1) is 0 Å². The van der Waals surface area contributed by atoms with Crippen LogP contribution in [0, 0.1) is 11.8 Å². The summed E-state index contributed by atoms with van der Waals surface area (Å²) in [6.45, 7) is 1.91. The van der Waals surface area contributed by atoms with Crippen LogP contribution in [0.2, 0.25) is 0 Å². The van der Waals surface area contributed by atoms with E-state index in [9.17, 15) is 9.59 Å². The number of rotatable bonds is 2. The zero-order chi connectivity index (χ0) is 11.4. The topological polar surface area (TPSA) is 52.6 Å². The van der Waals surface area contributed by atoms with Crippen LogP contribution in [0.3, 0.4) is 0 Å². The number of allylic oxidation sites excluding steroid dienone is 2. The van der Waals surface area contributed by atoms with Crippen molar-refractivity contribution in [2.45, 2.75) is 19.8 Å². The molecular formula is C11H16O4. The summed E-state index contributed by atoms with van der Waals surface area (Å²) < 4.78 is 9.36. The molecule has 4 heteroatoms. The number of carbonyl (C=O) groups is 2. The van der Waals surface area contributed by atoms with Gasteiger partial charge in [-0.25, -0.2) is 0 Å². The predicted molar refractivity (Wildman–Crippen MR) is 54.0 cm³/mol. The van der Waals surface area contributed by atoms with Crippen LogP contribution in [0.15, 0.2) is 11.6 Å². The molecule has 4 nitrogen and oxygen atoms in total. The van der Waals surface area contributed by atoms with Crippen molar-refractivity contribution in [3.63, 3.8) is 0 Å². The first-order valence-electron chi connectivity index (χ1n) is 4.93. The fourth-order valence-corrected chi connectivity index (χ4v) is 1.97. The van der Waals surface area contributed by atoms with Gasteiger partial charge < -0.3 is 9.47 Å². The van der Waals surface area contributed by atoms with E-state index in [-0.39, 0.29) is 23.8 Å². The molecule has 1 saturated carbocycles. The van der Waals surface area contributed by atoms with Crippen LogP contribution in [0.4, 0.5) is 0 Å². The van der Waals surface area contributed by atoms with Crippen molar-refractivity contribution < 1.29 is 19.1 Å². The number of carbonyl (C=O) groups excluding carboxylic acids is 2. The van der Waals surface area contributed by atoms with Crippen LogP contribution in [0.5, 0.6) is 0 Å². The molecule has 1 rings (SSSR count). The van der Waals surface area contributed by atoms with Gasteiger partial charge in [0.1, 0.15) is 0 Å². The molecule has 0 spiro atoms. The Hall–Kier alpha value is -1.32. The molecule has 0 bridgehead atoms. The predicted octanol–water partition coefficient (Wildman–Crippen LogP) is 1.30. The van der Waals surface area contributed by atoms with Crippen LogP contribution in [0.1, 0.15) is 19.8 Å². The monoisotopic (exact) mass is 212 g/mol.